The maximum Gasteiger partial charge on any atom is 0.271 e. The summed E-state index contributed by atoms with van der Waals surface area (Å²) >= 11 is 3.41. The van der Waals surface area contributed by atoms with Crippen LogP contribution in [0.2, 0.25) is 0 Å². The molecule has 0 fully saturated rings. The molecule has 0 aliphatic rings. The predicted molar refractivity (Wildman–Crippen MR) is 127 cm³/mol. The topological polar surface area (TPSA) is 89.0 Å². The molecule has 8 heteroatoms. The van der Waals surface area contributed by atoms with Gasteiger partial charge in [-0.1, -0.05) is 34.1 Å². The van der Waals surface area contributed by atoms with E-state index in [0.717, 1.165) is 15.6 Å². The van der Waals surface area contributed by atoms with E-state index in [2.05, 4.69) is 31.8 Å². The van der Waals surface area contributed by atoms with Crippen molar-refractivity contribution in [3.05, 3.63) is 87.9 Å². The second kappa shape index (κ2) is 11.1. The Morgan fingerprint density at radius 3 is 2.53 bits per heavy atom. The molecule has 0 saturated heterocycles. The van der Waals surface area contributed by atoms with Crippen LogP contribution in [0.3, 0.4) is 0 Å². The molecule has 32 heavy (non-hydrogen) atoms. The predicted octanol–water partition coefficient (Wildman–Crippen LogP) is 4.76. The first-order valence-electron chi connectivity index (χ1n) is 9.71. The number of nitrogens with zero attached hydrogens (tertiary/aromatic N) is 1. The molecule has 2 amide bonds. The molecule has 3 rings (SSSR count). The van der Waals surface area contributed by atoms with Crippen LogP contribution >= 0.6 is 15.9 Å². The molecule has 0 radical (unpaired) electrons. The van der Waals surface area contributed by atoms with Gasteiger partial charge < -0.3 is 14.8 Å². The first kappa shape index (κ1) is 23.0. The van der Waals surface area contributed by atoms with E-state index in [1.54, 1.807) is 43.5 Å². The third-order valence-corrected chi connectivity index (χ3v) is 4.85. The molecule has 0 saturated carbocycles. The number of rotatable bonds is 8. The molecule has 0 atom stereocenters. The number of benzene rings is 3. The fourth-order valence-electron chi connectivity index (χ4n) is 2.80. The number of hydrazone groups is 1. The maximum absolute atomic E-state index is 12.3. The summed E-state index contributed by atoms with van der Waals surface area (Å²) in [4.78, 5) is 23.5. The standard InChI is InChI=1S/C24H22BrN3O4/c1-16(29)27-21-5-3-4-19(13-21)24(30)28-26-14-18-8-11-22(23(12-18)31-2)32-15-17-6-9-20(25)10-7-17/h3-14H,15H2,1-2H3,(H,27,29)(H,28,30)/b26-14-. The molecule has 0 bridgehead atoms. The highest BCUT2D eigenvalue weighted by Crippen LogP contribution is 2.28. The van der Waals surface area contributed by atoms with Crippen molar-refractivity contribution >= 4 is 39.6 Å². The Morgan fingerprint density at radius 1 is 1.03 bits per heavy atom. The van der Waals surface area contributed by atoms with Crippen molar-refractivity contribution in [2.24, 2.45) is 5.10 Å². The molecule has 3 aromatic rings. The van der Waals surface area contributed by atoms with Crippen LogP contribution in [0, 0.1) is 0 Å². The zero-order valence-corrected chi connectivity index (χ0v) is 19.2. The van der Waals surface area contributed by atoms with Crippen molar-refractivity contribution in [3.63, 3.8) is 0 Å². The van der Waals surface area contributed by atoms with E-state index in [0.29, 0.717) is 29.4 Å². The lowest BCUT2D eigenvalue weighted by atomic mass is 10.2. The summed E-state index contributed by atoms with van der Waals surface area (Å²) in [5.41, 5.74) is 5.15. The Bertz CT molecular complexity index is 1130. The summed E-state index contributed by atoms with van der Waals surface area (Å²) in [7, 11) is 1.56. The van der Waals surface area contributed by atoms with E-state index in [1.807, 2.05) is 30.3 Å². The molecule has 3 aromatic carbocycles. The van der Waals surface area contributed by atoms with E-state index in [-0.39, 0.29) is 5.91 Å². The van der Waals surface area contributed by atoms with Gasteiger partial charge in [0.15, 0.2) is 11.5 Å². The largest absolute Gasteiger partial charge is 0.493 e. The molecule has 0 unspecified atom stereocenters. The van der Waals surface area contributed by atoms with Gasteiger partial charge in [-0.2, -0.15) is 5.10 Å². The van der Waals surface area contributed by atoms with Crippen molar-refractivity contribution in [2.45, 2.75) is 13.5 Å². The molecule has 2 N–H and O–H groups in total. The van der Waals surface area contributed by atoms with Gasteiger partial charge in [-0.15, -0.1) is 0 Å². The second-order valence-electron chi connectivity index (χ2n) is 6.79. The molecule has 7 nitrogen and oxygen atoms in total. The minimum atomic E-state index is -0.394. The zero-order valence-electron chi connectivity index (χ0n) is 17.6. The fraction of sp³-hybridized carbons (Fsp3) is 0.125. The Hall–Kier alpha value is -3.65. The van der Waals surface area contributed by atoms with Crippen molar-refractivity contribution in [3.8, 4) is 11.5 Å². The van der Waals surface area contributed by atoms with Crippen LogP contribution in [-0.2, 0) is 11.4 Å². The van der Waals surface area contributed by atoms with Gasteiger partial charge in [0.1, 0.15) is 6.61 Å². The maximum atomic E-state index is 12.3. The van der Waals surface area contributed by atoms with Crippen molar-refractivity contribution in [2.75, 3.05) is 12.4 Å². The zero-order chi connectivity index (χ0) is 22.9. The number of carbonyl (C=O) groups excluding carboxylic acids is 2. The van der Waals surface area contributed by atoms with Crippen molar-refractivity contribution in [1.82, 2.24) is 5.43 Å². The minimum Gasteiger partial charge on any atom is -0.493 e. The van der Waals surface area contributed by atoms with Gasteiger partial charge in [0.05, 0.1) is 13.3 Å². The van der Waals surface area contributed by atoms with Crippen LogP contribution in [-0.4, -0.2) is 25.1 Å². The summed E-state index contributed by atoms with van der Waals surface area (Å²) < 4.78 is 12.3. The molecule has 0 heterocycles. The summed E-state index contributed by atoms with van der Waals surface area (Å²) in [5.74, 6) is 0.556. The Morgan fingerprint density at radius 2 is 1.81 bits per heavy atom. The van der Waals surface area contributed by atoms with Crippen molar-refractivity contribution in [1.29, 1.82) is 0 Å². The average molecular weight is 496 g/mol. The molecule has 0 aromatic heterocycles. The number of halogens is 1. The summed E-state index contributed by atoms with van der Waals surface area (Å²) in [6.45, 7) is 1.81. The van der Waals surface area contributed by atoms with Crippen LogP contribution in [0.4, 0.5) is 5.69 Å². The molecule has 0 aliphatic carbocycles. The molecule has 0 spiro atoms. The molecule has 0 aliphatic heterocycles. The first-order valence-corrected chi connectivity index (χ1v) is 10.5. The lowest BCUT2D eigenvalue weighted by molar-refractivity contribution is -0.114. The second-order valence-corrected chi connectivity index (χ2v) is 7.70. The molecular formula is C24H22BrN3O4. The van der Waals surface area contributed by atoms with Gasteiger partial charge in [-0.05, 0) is 59.7 Å². The quantitative estimate of drug-likeness (QED) is 0.348. The van der Waals surface area contributed by atoms with Crippen LogP contribution in [0.15, 0.2) is 76.3 Å². The Balaban J connectivity index is 1.61. The summed E-state index contributed by atoms with van der Waals surface area (Å²) in [6, 6.07) is 19.8. The fourth-order valence-corrected chi connectivity index (χ4v) is 3.06. The van der Waals surface area contributed by atoms with E-state index in [4.69, 9.17) is 9.47 Å². The monoisotopic (exact) mass is 495 g/mol. The third kappa shape index (κ3) is 6.68. The average Bonchev–Trinajstić information content (AvgIpc) is 2.78. The van der Waals surface area contributed by atoms with Gasteiger partial charge in [0.2, 0.25) is 5.91 Å². The van der Waals surface area contributed by atoms with Gasteiger partial charge in [0, 0.05) is 22.6 Å². The van der Waals surface area contributed by atoms with Crippen LogP contribution in [0.25, 0.3) is 0 Å². The van der Waals surface area contributed by atoms with E-state index >= 15 is 0 Å². The van der Waals surface area contributed by atoms with Crippen LogP contribution in [0.1, 0.15) is 28.4 Å². The van der Waals surface area contributed by atoms with Gasteiger partial charge in [-0.3, -0.25) is 9.59 Å². The number of anilines is 1. The lowest BCUT2D eigenvalue weighted by Crippen LogP contribution is -2.18. The van der Waals surface area contributed by atoms with Crippen molar-refractivity contribution < 1.29 is 19.1 Å². The number of nitrogens with one attached hydrogen (secondary N) is 2. The summed E-state index contributed by atoms with van der Waals surface area (Å²) in [6.07, 6.45) is 1.51. The number of ether oxygens (including phenoxy) is 2. The molecule has 164 valence electrons. The lowest BCUT2D eigenvalue weighted by Gasteiger charge is -2.11. The normalized spacial score (nSPS) is 10.6. The highest BCUT2D eigenvalue weighted by Gasteiger charge is 2.08. The smallest absolute Gasteiger partial charge is 0.271 e. The highest BCUT2D eigenvalue weighted by atomic mass is 79.9. The Kier molecular flexibility index (Phi) is 7.99. The number of methoxy groups -OCH3 is 1. The van der Waals surface area contributed by atoms with Gasteiger partial charge in [0.25, 0.3) is 5.91 Å². The minimum absolute atomic E-state index is 0.209. The number of carbonyl (C=O) groups is 2. The number of amides is 2. The van der Waals surface area contributed by atoms with E-state index in [9.17, 15) is 9.59 Å². The Labute approximate surface area is 194 Å². The van der Waals surface area contributed by atoms with E-state index < -0.39 is 5.91 Å². The van der Waals surface area contributed by atoms with Gasteiger partial charge in [-0.25, -0.2) is 5.43 Å². The van der Waals surface area contributed by atoms with Crippen LogP contribution in [0.5, 0.6) is 11.5 Å². The van der Waals surface area contributed by atoms with Crippen LogP contribution < -0.4 is 20.2 Å². The van der Waals surface area contributed by atoms with Gasteiger partial charge >= 0.3 is 0 Å². The summed E-state index contributed by atoms with van der Waals surface area (Å²) in [5, 5.41) is 6.64. The first-order chi connectivity index (χ1) is 15.4. The molecular weight excluding hydrogens is 474 g/mol. The third-order valence-electron chi connectivity index (χ3n) is 4.32. The highest BCUT2D eigenvalue weighted by molar-refractivity contribution is 9.10. The number of hydrogen-bond acceptors (Lipinski definition) is 5. The number of hydrogen-bond donors (Lipinski definition) is 2. The van der Waals surface area contributed by atoms with E-state index in [1.165, 1.54) is 13.1 Å². The SMILES string of the molecule is COc1cc(/C=N\NC(=O)c2cccc(NC(C)=O)c2)ccc1OCc1ccc(Br)cc1.